The summed E-state index contributed by atoms with van der Waals surface area (Å²) in [5.41, 5.74) is 2.40. The van der Waals surface area contributed by atoms with Crippen molar-refractivity contribution in [3.05, 3.63) is 35.9 Å². The maximum Gasteiger partial charge on any atom is 0.00879 e. The molecule has 100 valence electrons. The number of nitrogens with one attached hydrogen (secondary N) is 1. The maximum atomic E-state index is 3.66. The highest BCUT2D eigenvalue weighted by Gasteiger charge is 2.49. The summed E-state index contributed by atoms with van der Waals surface area (Å²) in [5.74, 6) is 0.728. The Bertz CT molecular complexity index is 370. The largest absolute Gasteiger partial charge is 0.316 e. The van der Waals surface area contributed by atoms with Gasteiger partial charge in [-0.25, -0.2) is 0 Å². The normalized spacial score (nSPS) is 20.7. The highest BCUT2D eigenvalue weighted by atomic mass is 14.9. The highest BCUT2D eigenvalue weighted by molar-refractivity contribution is 5.30. The molecule has 0 amide bonds. The van der Waals surface area contributed by atoms with Gasteiger partial charge < -0.3 is 5.32 Å². The van der Waals surface area contributed by atoms with Crippen LogP contribution in [0.4, 0.5) is 0 Å². The third-order valence-corrected chi connectivity index (χ3v) is 4.04. The van der Waals surface area contributed by atoms with E-state index in [2.05, 4.69) is 63.3 Å². The molecule has 1 aliphatic rings. The van der Waals surface area contributed by atoms with Crippen molar-refractivity contribution in [2.75, 3.05) is 13.1 Å². The molecule has 1 saturated carbocycles. The summed E-state index contributed by atoms with van der Waals surface area (Å²) in [7, 11) is 0. The van der Waals surface area contributed by atoms with Crippen molar-refractivity contribution in [2.45, 2.75) is 46.0 Å². The highest BCUT2D eigenvalue weighted by Crippen LogP contribution is 2.54. The Kier molecular flexibility index (Phi) is 3.82. The second-order valence-electron chi connectivity index (χ2n) is 7.19. The second-order valence-corrected chi connectivity index (χ2v) is 7.19. The molecule has 0 unspecified atom stereocenters. The Morgan fingerprint density at radius 2 is 1.72 bits per heavy atom. The average molecular weight is 245 g/mol. The summed E-state index contributed by atoms with van der Waals surface area (Å²) >= 11 is 0. The van der Waals surface area contributed by atoms with Crippen LogP contribution < -0.4 is 5.32 Å². The third-order valence-electron chi connectivity index (χ3n) is 4.04. The van der Waals surface area contributed by atoms with Gasteiger partial charge in [0.2, 0.25) is 0 Å². The molecule has 1 heteroatoms. The molecule has 0 radical (unpaired) electrons. The van der Waals surface area contributed by atoms with Gasteiger partial charge in [0.15, 0.2) is 0 Å². The molecule has 1 fully saturated rings. The topological polar surface area (TPSA) is 12.0 Å². The Morgan fingerprint density at radius 3 is 2.22 bits per heavy atom. The van der Waals surface area contributed by atoms with E-state index in [1.165, 1.54) is 18.4 Å². The molecule has 0 atom stereocenters. The Labute approximate surface area is 112 Å². The van der Waals surface area contributed by atoms with E-state index in [1.54, 1.807) is 0 Å². The molecule has 1 aromatic rings. The van der Waals surface area contributed by atoms with Gasteiger partial charge in [-0.2, -0.15) is 0 Å². The first-order valence-corrected chi connectivity index (χ1v) is 7.20. The predicted octanol–water partition coefficient (Wildman–Crippen LogP) is 3.99. The lowest BCUT2D eigenvalue weighted by Crippen LogP contribution is -2.52. The van der Waals surface area contributed by atoms with Gasteiger partial charge in [-0.3, -0.25) is 0 Å². The van der Waals surface area contributed by atoms with E-state index in [9.17, 15) is 0 Å². The first-order chi connectivity index (χ1) is 8.44. The molecule has 1 aliphatic carbocycles. The van der Waals surface area contributed by atoms with Crippen LogP contribution in [0.3, 0.4) is 0 Å². The molecule has 0 spiro atoms. The molecule has 0 heterocycles. The molecule has 0 bridgehead atoms. The van der Waals surface area contributed by atoms with Gasteiger partial charge in [-0.15, -0.1) is 0 Å². The monoisotopic (exact) mass is 245 g/mol. The molecule has 1 nitrogen and oxygen atoms in total. The standard InChI is InChI=1S/C17H27N/c1-14(2)10-18-13-17(11-16(3,4)12-17)15-8-6-5-7-9-15/h5-9,14,18H,10-13H2,1-4H3. The van der Waals surface area contributed by atoms with Crippen molar-refractivity contribution in [1.82, 2.24) is 5.32 Å². The van der Waals surface area contributed by atoms with Gasteiger partial charge in [0.05, 0.1) is 0 Å². The van der Waals surface area contributed by atoms with Crippen LogP contribution >= 0.6 is 0 Å². The van der Waals surface area contributed by atoms with Gasteiger partial charge in [0, 0.05) is 12.0 Å². The zero-order valence-corrected chi connectivity index (χ0v) is 12.3. The Morgan fingerprint density at radius 1 is 1.11 bits per heavy atom. The van der Waals surface area contributed by atoms with E-state index < -0.39 is 0 Å². The molecule has 0 aromatic heterocycles. The van der Waals surface area contributed by atoms with Crippen LogP contribution in [-0.2, 0) is 5.41 Å². The van der Waals surface area contributed by atoms with Crippen molar-refractivity contribution in [1.29, 1.82) is 0 Å². The average Bonchev–Trinajstić information content (AvgIpc) is 2.27. The Hall–Kier alpha value is -0.820. The zero-order chi connectivity index (χ0) is 13.2. The van der Waals surface area contributed by atoms with Crippen LogP contribution in [0.15, 0.2) is 30.3 Å². The summed E-state index contributed by atoms with van der Waals surface area (Å²) in [6, 6.07) is 11.1. The van der Waals surface area contributed by atoms with E-state index in [0.29, 0.717) is 10.8 Å². The molecular formula is C17H27N. The van der Waals surface area contributed by atoms with Gasteiger partial charge in [0.25, 0.3) is 0 Å². The summed E-state index contributed by atoms with van der Waals surface area (Å²) in [4.78, 5) is 0. The lowest BCUT2D eigenvalue weighted by molar-refractivity contribution is 0.0558. The van der Waals surface area contributed by atoms with Crippen LogP contribution in [0.25, 0.3) is 0 Å². The number of hydrogen-bond acceptors (Lipinski definition) is 1. The minimum atomic E-state index is 0.375. The molecular weight excluding hydrogens is 218 g/mol. The number of rotatable bonds is 5. The van der Waals surface area contributed by atoms with E-state index >= 15 is 0 Å². The summed E-state index contributed by atoms with van der Waals surface area (Å²) < 4.78 is 0. The predicted molar refractivity (Wildman–Crippen MR) is 78.8 cm³/mol. The third kappa shape index (κ3) is 2.95. The fourth-order valence-corrected chi connectivity index (χ4v) is 3.60. The minimum Gasteiger partial charge on any atom is -0.316 e. The summed E-state index contributed by atoms with van der Waals surface area (Å²) in [5, 5.41) is 3.66. The van der Waals surface area contributed by atoms with Crippen molar-refractivity contribution in [3.8, 4) is 0 Å². The molecule has 1 N–H and O–H groups in total. The SMILES string of the molecule is CC(C)CNCC1(c2ccccc2)CC(C)(C)C1. The van der Waals surface area contributed by atoms with Crippen molar-refractivity contribution in [3.63, 3.8) is 0 Å². The van der Waals surface area contributed by atoms with Crippen LogP contribution in [0.5, 0.6) is 0 Å². The van der Waals surface area contributed by atoms with Crippen LogP contribution in [0.2, 0.25) is 0 Å². The lowest BCUT2D eigenvalue weighted by atomic mass is 9.52. The van der Waals surface area contributed by atoms with Crippen molar-refractivity contribution >= 4 is 0 Å². The van der Waals surface area contributed by atoms with Crippen LogP contribution in [0, 0.1) is 11.3 Å². The van der Waals surface area contributed by atoms with Crippen molar-refractivity contribution < 1.29 is 0 Å². The Balaban J connectivity index is 2.06. The van der Waals surface area contributed by atoms with E-state index in [-0.39, 0.29) is 0 Å². The smallest absolute Gasteiger partial charge is 0.00879 e. The summed E-state index contributed by atoms with van der Waals surface area (Å²) in [6.45, 7) is 11.6. The quantitative estimate of drug-likeness (QED) is 0.827. The first kappa shape index (κ1) is 13.6. The van der Waals surface area contributed by atoms with Gasteiger partial charge in [-0.1, -0.05) is 58.0 Å². The fourth-order valence-electron chi connectivity index (χ4n) is 3.60. The molecule has 2 rings (SSSR count). The minimum absolute atomic E-state index is 0.375. The number of hydrogen-bond donors (Lipinski definition) is 1. The van der Waals surface area contributed by atoms with Crippen molar-refractivity contribution in [2.24, 2.45) is 11.3 Å². The molecule has 1 aromatic carbocycles. The van der Waals surface area contributed by atoms with E-state index in [1.807, 2.05) is 0 Å². The molecule has 18 heavy (non-hydrogen) atoms. The van der Waals surface area contributed by atoms with Gasteiger partial charge in [-0.05, 0) is 36.3 Å². The zero-order valence-electron chi connectivity index (χ0n) is 12.3. The first-order valence-electron chi connectivity index (χ1n) is 7.20. The van der Waals surface area contributed by atoms with Crippen LogP contribution in [0.1, 0.15) is 46.1 Å². The van der Waals surface area contributed by atoms with E-state index in [0.717, 1.165) is 19.0 Å². The molecule has 0 aliphatic heterocycles. The van der Waals surface area contributed by atoms with Gasteiger partial charge >= 0.3 is 0 Å². The fraction of sp³-hybridized carbons (Fsp3) is 0.647. The maximum absolute atomic E-state index is 3.66. The lowest BCUT2D eigenvalue weighted by Gasteiger charge is -2.54. The van der Waals surface area contributed by atoms with E-state index in [4.69, 9.17) is 0 Å². The second kappa shape index (κ2) is 5.05. The number of benzene rings is 1. The molecule has 0 saturated heterocycles. The van der Waals surface area contributed by atoms with Gasteiger partial charge in [0.1, 0.15) is 0 Å². The van der Waals surface area contributed by atoms with Crippen LogP contribution in [-0.4, -0.2) is 13.1 Å². The summed E-state index contributed by atoms with van der Waals surface area (Å²) in [6.07, 6.45) is 2.60.